The number of alkyl halides is 1. The molecule has 5 heteroatoms. The first-order valence-corrected chi connectivity index (χ1v) is 6.77. The van der Waals surface area contributed by atoms with Gasteiger partial charge in [-0.2, -0.15) is 0 Å². The van der Waals surface area contributed by atoms with Gasteiger partial charge in [0.25, 0.3) is 0 Å². The van der Waals surface area contributed by atoms with Crippen molar-refractivity contribution in [1.29, 1.82) is 0 Å². The smallest absolute Gasteiger partial charge is 0.225 e. The van der Waals surface area contributed by atoms with Gasteiger partial charge < -0.3 is 11.1 Å². The maximum atomic E-state index is 13.4. The van der Waals surface area contributed by atoms with Crippen LogP contribution < -0.4 is 11.1 Å². The molecule has 0 unspecified atom stereocenters. The lowest BCUT2D eigenvalue weighted by atomic mass is 9.47. The van der Waals surface area contributed by atoms with E-state index in [0.717, 1.165) is 12.8 Å². The van der Waals surface area contributed by atoms with Crippen molar-refractivity contribution in [2.75, 3.05) is 0 Å². The Morgan fingerprint density at radius 3 is 2.33 bits per heavy atom. The highest BCUT2D eigenvalue weighted by atomic mass is 35.5. The van der Waals surface area contributed by atoms with E-state index >= 15 is 0 Å². The summed E-state index contributed by atoms with van der Waals surface area (Å²) in [5, 5.41) is 3.08. The van der Waals surface area contributed by atoms with Crippen molar-refractivity contribution < 1.29 is 9.18 Å². The molecular weight excluding hydrogens is 255 g/mol. The fraction of sp³-hybridized carbons (Fsp3) is 0.923. The average molecular weight is 275 g/mol. The third-order valence-corrected chi connectivity index (χ3v) is 5.64. The van der Waals surface area contributed by atoms with E-state index in [0.29, 0.717) is 31.1 Å². The van der Waals surface area contributed by atoms with Crippen molar-refractivity contribution in [3.05, 3.63) is 0 Å². The number of amides is 1. The van der Waals surface area contributed by atoms with E-state index in [2.05, 4.69) is 5.32 Å². The second-order valence-corrected chi connectivity index (χ2v) is 6.89. The molecule has 18 heavy (non-hydrogen) atoms. The van der Waals surface area contributed by atoms with Crippen molar-refractivity contribution in [2.24, 2.45) is 23.5 Å². The van der Waals surface area contributed by atoms with Crippen LogP contribution in [0.1, 0.15) is 38.5 Å². The van der Waals surface area contributed by atoms with Crippen LogP contribution >= 0.6 is 12.4 Å². The number of carbonyl (C=O) groups excluding carboxylic acids is 1. The number of nitrogens with one attached hydrogen (secondary N) is 1. The summed E-state index contributed by atoms with van der Waals surface area (Å²) in [5.41, 5.74) is 5.02. The van der Waals surface area contributed by atoms with Gasteiger partial charge in [0.2, 0.25) is 5.91 Å². The lowest BCUT2D eigenvalue weighted by Gasteiger charge is -2.66. The quantitative estimate of drug-likeness (QED) is 0.803. The summed E-state index contributed by atoms with van der Waals surface area (Å²) in [4.78, 5) is 12.3. The van der Waals surface area contributed by atoms with Crippen LogP contribution in [0.2, 0.25) is 0 Å². The molecule has 5 rings (SSSR count). The minimum Gasteiger partial charge on any atom is -0.350 e. The highest BCUT2D eigenvalue weighted by molar-refractivity contribution is 5.85. The van der Waals surface area contributed by atoms with Crippen molar-refractivity contribution >= 4 is 18.3 Å². The minimum absolute atomic E-state index is 0. The molecule has 102 valence electrons. The summed E-state index contributed by atoms with van der Waals surface area (Å²) in [6.45, 7) is 0. The normalized spacial score (nSPS) is 55.2. The first kappa shape index (κ1) is 12.7. The number of fused-ring (bicyclic) bond motifs is 2. The molecule has 0 aromatic rings. The maximum Gasteiger partial charge on any atom is 0.225 e. The van der Waals surface area contributed by atoms with Crippen molar-refractivity contribution in [3.8, 4) is 0 Å². The monoisotopic (exact) mass is 274 g/mol. The first-order valence-electron chi connectivity index (χ1n) is 6.77. The van der Waals surface area contributed by atoms with Crippen LogP contribution in [-0.2, 0) is 4.79 Å². The van der Waals surface area contributed by atoms with E-state index in [9.17, 15) is 9.18 Å². The minimum atomic E-state index is -0.940. The molecule has 5 saturated carbocycles. The van der Waals surface area contributed by atoms with Crippen molar-refractivity contribution in [3.63, 3.8) is 0 Å². The van der Waals surface area contributed by atoms with E-state index in [1.807, 2.05) is 0 Å². The molecular formula is C13H20ClFN2O. The Balaban J connectivity index is 0.000001000. The standard InChI is InChI=1S/C13H19FN2O.ClH/c14-12-4-13(5-12,6-12)16-11(17)9-7-1-2-8(3-7)10(9)15;/h7-10H,1-6,15H2,(H,16,17);1H/t7-,8+,9-,10+,12?,13?;/m0./s1. The van der Waals surface area contributed by atoms with Crippen LogP contribution in [0.5, 0.6) is 0 Å². The Morgan fingerprint density at radius 2 is 1.83 bits per heavy atom. The molecule has 5 fully saturated rings. The van der Waals surface area contributed by atoms with Gasteiger partial charge in [-0.3, -0.25) is 4.79 Å². The zero-order valence-corrected chi connectivity index (χ0v) is 11.1. The van der Waals surface area contributed by atoms with Gasteiger partial charge in [0, 0.05) is 30.8 Å². The predicted molar refractivity (Wildman–Crippen MR) is 68.1 cm³/mol. The summed E-state index contributed by atoms with van der Waals surface area (Å²) in [6, 6.07) is 0.0421. The molecule has 0 aliphatic heterocycles. The zero-order chi connectivity index (χ0) is 11.8. The van der Waals surface area contributed by atoms with Gasteiger partial charge in [-0.25, -0.2) is 4.39 Å². The molecule has 0 aromatic carbocycles. The second kappa shape index (κ2) is 3.60. The van der Waals surface area contributed by atoms with Crippen LogP contribution in [-0.4, -0.2) is 23.2 Å². The second-order valence-electron chi connectivity index (χ2n) is 6.89. The van der Waals surface area contributed by atoms with Gasteiger partial charge >= 0.3 is 0 Å². The van der Waals surface area contributed by atoms with Crippen molar-refractivity contribution in [2.45, 2.75) is 55.8 Å². The summed E-state index contributed by atoms with van der Waals surface area (Å²) in [5.74, 6) is 1.14. The Hall–Kier alpha value is -0.350. The molecule has 3 nitrogen and oxygen atoms in total. The van der Waals surface area contributed by atoms with Gasteiger partial charge in [0.1, 0.15) is 5.67 Å². The molecule has 5 aliphatic rings. The highest BCUT2D eigenvalue weighted by Gasteiger charge is 2.70. The molecule has 0 saturated heterocycles. The molecule has 0 aromatic heterocycles. The van der Waals surface area contributed by atoms with E-state index in [-0.39, 0.29) is 35.8 Å². The Bertz CT molecular complexity index is 381. The third kappa shape index (κ3) is 1.48. The van der Waals surface area contributed by atoms with Crippen molar-refractivity contribution in [1.82, 2.24) is 5.32 Å². The van der Waals surface area contributed by atoms with E-state index < -0.39 is 5.67 Å². The zero-order valence-electron chi connectivity index (χ0n) is 10.3. The van der Waals surface area contributed by atoms with E-state index in [1.54, 1.807) is 0 Å². The van der Waals surface area contributed by atoms with Crippen LogP contribution in [0.3, 0.4) is 0 Å². The maximum absolute atomic E-state index is 13.4. The molecule has 4 bridgehead atoms. The molecule has 4 atom stereocenters. The van der Waals surface area contributed by atoms with Gasteiger partial charge in [0.15, 0.2) is 0 Å². The lowest BCUT2D eigenvalue weighted by Crippen LogP contribution is -2.77. The molecule has 0 radical (unpaired) electrons. The van der Waals surface area contributed by atoms with Crippen LogP contribution in [0.15, 0.2) is 0 Å². The van der Waals surface area contributed by atoms with Gasteiger partial charge in [-0.1, -0.05) is 0 Å². The SMILES string of the molecule is Cl.N[C@@H]1[C@@H]2CC[C@@H](C2)[C@@H]1C(=O)NC12CC(F)(C1)C2. The third-order valence-electron chi connectivity index (χ3n) is 5.64. The molecule has 5 aliphatic carbocycles. The Kier molecular flexibility index (Phi) is 2.54. The van der Waals surface area contributed by atoms with Gasteiger partial charge in [-0.15, -0.1) is 12.4 Å². The van der Waals surface area contributed by atoms with Crippen LogP contribution in [0.4, 0.5) is 4.39 Å². The summed E-state index contributed by atoms with van der Waals surface area (Å²) >= 11 is 0. The Labute approximate surface area is 112 Å². The van der Waals surface area contributed by atoms with E-state index in [1.165, 1.54) is 6.42 Å². The average Bonchev–Trinajstić information content (AvgIpc) is 2.73. The Morgan fingerprint density at radius 1 is 1.22 bits per heavy atom. The number of carbonyl (C=O) groups is 1. The number of nitrogens with two attached hydrogens (primary N) is 1. The lowest BCUT2D eigenvalue weighted by molar-refractivity contribution is -0.177. The topological polar surface area (TPSA) is 55.1 Å². The number of hydrogen-bond acceptors (Lipinski definition) is 2. The molecule has 0 spiro atoms. The molecule has 1 amide bonds. The molecule has 0 heterocycles. The number of halogens is 2. The first-order chi connectivity index (χ1) is 8.00. The highest BCUT2D eigenvalue weighted by Crippen LogP contribution is 2.63. The summed E-state index contributed by atoms with van der Waals surface area (Å²) in [7, 11) is 0. The summed E-state index contributed by atoms with van der Waals surface area (Å²) < 4.78 is 13.4. The summed E-state index contributed by atoms with van der Waals surface area (Å²) in [6.07, 6.45) is 5.05. The number of rotatable bonds is 2. The fourth-order valence-electron chi connectivity index (χ4n) is 4.87. The van der Waals surface area contributed by atoms with Gasteiger partial charge in [-0.05, 0) is 31.1 Å². The fourth-order valence-corrected chi connectivity index (χ4v) is 4.87. The van der Waals surface area contributed by atoms with E-state index in [4.69, 9.17) is 5.73 Å². The largest absolute Gasteiger partial charge is 0.350 e. The predicted octanol–water partition coefficient (Wildman–Crippen LogP) is 1.54. The number of hydrogen-bond donors (Lipinski definition) is 2. The van der Waals surface area contributed by atoms with Crippen LogP contribution in [0, 0.1) is 17.8 Å². The van der Waals surface area contributed by atoms with Gasteiger partial charge in [0.05, 0.1) is 5.92 Å². The van der Waals surface area contributed by atoms with Crippen LogP contribution in [0.25, 0.3) is 0 Å². The molecule has 3 N–H and O–H groups in total.